The van der Waals surface area contributed by atoms with Gasteiger partial charge in [0.25, 0.3) is 0 Å². The first-order chi connectivity index (χ1) is 11.7. The second kappa shape index (κ2) is 7.29. The van der Waals surface area contributed by atoms with Crippen molar-refractivity contribution >= 4 is 39.8 Å². The van der Waals surface area contributed by atoms with E-state index in [4.69, 9.17) is 16.3 Å². The maximum Gasteiger partial charge on any atom is 0.325 e. The summed E-state index contributed by atoms with van der Waals surface area (Å²) < 4.78 is 5.31. The number of amides is 2. The van der Waals surface area contributed by atoms with Crippen LogP contribution in [0.4, 0.5) is 15.6 Å². The molecule has 122 valence electrons. The molecule has 1 heterocycles. The fraction of sp³-hybridized carbons (Fsp3) is 0.0625. The monoisotopic (exact) mass is 360 g/mol. The molecule has 0 aliphatic heterocycles. The number of para-hydroxylation sites is 1. The van der Waals surface area contributed by atoms with E-state index in [1.165, 1.54) is 11.3 Å². The van der Waals surface area contributed by atoms with E-state index < -0.39 is 6.03 Å². The average molecular weight is 361 g/mol. The van der Waals surface area contributed by atoms with Crippen molar-refractivity contribution in [3.05, 3.63) is 53.6 Å². The van der Waals surface area contributed by atoms with Crippen molar-refractivity contribution in [2.24, 2.45) is 0 Å². The fourth-order valence-electron chi connectivity index (χ4n) is 2.03. The smallest absolute Gasteiger partial charge is 0.325 e. The van der Waals surface area contributed by atoms with Crippen LogP contribution in [0, 0.1) is 0 Å². The molecule has 0 atom stereocenters. The van der Waals surface area contributed by atoms with Gasteiger partial charge in [-0.05, 0) is 30.3 Å². The van der Waals surface area contributed by atoms with E-state index in [-0.39, 0.29) is 0 Å². The molecule has 3 rings (SSSR count). The summed E-state index contributed by atoms with van der Waals surface area (Å²) in [5.41, 5.74) is 1.41. The molecule has 3 aromatic rings. The minimum Gasteiger partial charge on any atom is -0.496 e. The molecule has 6 nitrogen and oxygen atoms in total. The number of nitrogens with one attached hydrogen (secondary N) is 2. The standard InChI is InChI=1S/C16H13ClN4O2S/c1-23-13-8-3-2-7-12(13)14-20-21-16(24-14)19-15(22)18-11-6-4-5-10(17)9-11/h2-9H,1H3,(H2,18,19,21,22). The molecule has 0 spiro atoms. The third-order valence-corrected chi connectivity index (χ3v) is 4.17. The zero-order valence-electron chi connectivity index (χ0n) is 12.6. The Bertz CT molecular complexity index is 869. The molecule has 0 fully saturated rings. The van der Waals surface area contributed by atoms with Gasteiger partial charge in [-0.2, -0.15) is 0 Å². The van der Waals surface area contributed by atoms with Crippen molar-refractivity contribution in [2.75, 3.05) is 17.7 Å². The fourth-order valence-corrected chi connectivity index (χ4v) is 2.99. The molecule has 0 radical (unpaired) electrons. The zero-order chi connectivity index (χ0) is 16.9. The van der Waals surface area contributed by atoms with Gasteiger partial charge in [0.15, 0.2) is 5.01 Å². The van der Waals surface area contributed by atoms with Crippen LogP contribution in [0.15, 0.2) is 48.5 Å². The van der Waals surface area contributed by atoms with Crippen LogP contribution < -0.4 is 15.4 Å². The first-order valence-corrected chi connectivity index (χ1v) is 8.15. The van der Waals surface area contributed by atoms with E-state index in [2.05, 4.69) is 20.8 Å². The maximum atomic E-state index is 12.0. The van der Waals surface area contributed by atoms with Gasteiger partial charge in [-0.1, -0.05) is 41.1 Å². The lowest BCUT2D eigenvalue weighted by Gasteiger charge is -2.05. The van der Waals surface area contributed by atoms with Crippen LogP contribution in [0.3, 0.4) is 0 Å². The number of aromatic nitrogens is 2. The van der Waals surface area contributed by atoms with Crippen molar-refractivity contribution in [3.63, 3.8) is 0 Å². The van der Waals surface area contributed by atoms with E-state index in [0.29, 0.717) is 26.6 Å². The van der Waals surface area contributed by atoms with Crippen LogP contribution in [0.5, 0.6) is 5.75 Å². The average Bonchev–Trinajstić information content (AvgIpc) is 3.03. The van der Waals surface area contributed by atoms with Crippen molar-refractivity contribution < 1.29 is 9.53 Å². The van der Waals surface area contributed by atoms with Crippen molar-refractivity contribution in [1.29, 1.82) is 0 Å². The largest absolute Gasteiger partial charge is 0.496 e. The van der Waals surface area contributed by atoms with Crippen LogP contribution in [0.2, 0.25) is 5.02 Å². The van der Waals surface area contributed by atoms with E-state index >= 15 is 0 Å². The molecule has 2 aromatic carbocycles. The number of methoxy groups -OCH3 is 1. The quantitative estimate of drug-likeness (QED) is 0.717. The van der Waals surface area contributed by atoms with Gasteiger partial charge in [0.2, 0.25) is 5.13 Å². The van der Waals surface area contributed by atoms with Gasteiger partial charge in [0.1, 0.15) is 5.75 Å². The lowest BCUT2D eigenvalue weighted by molar-refractivity contribution is 0.262. The predicted octanol–water partition coefficient (Wildman–Crippen LogP) is 4.51. The molecule has 8 heteroatoms. The van der Waals surface area contributed by atoms with Crippen LogP contribution in [0.1, 0.15) is 0 Å². The molecule has 2 amide bonds. The number of hydrogen-bond donors (Lipinski definition) is 2. The van der Waals surface area contributed by atoms with Crippen molar-refractivity contribution in [3.8, 4) is 16.3 Å². The SMILES string of the molecule is COc1ccccc1-c1nnc(NC(=O)Nc2cccc(Cl)c2)s1. The summed E-state index contributed by atoms with van der Waals surface area (Å²) in [6, 6.07) is 14.0. The van der Waals surface area contributed by atoms with Gasteiger partial charge in [0.05, 0.1) is 12.7 Å². The normalized spacial score (nSPS) is 10.2. The first-order valence-electron chi connectivity index (χ1n) is 6.96. The maximum absolute atomic E-state index is 12.0. The molecule has 24 heavy (non-hydrogen) atoms. The van der Waals surface area contributed by atoms with Crippen molar-refractivity contribution in [2.45, 2.75) is 0 Å². The molecule has 0 unspecified atom stereocenters. The second-order valence-electron chi connectivity index (χ2n) is 4.70. The number of nitrogens with zero attached hydrogens (tertiary/aromatic N) is 2. The van der Waals surface area contributed by atoms with Gasteiger partial charge >= 0.3 is 6.03 Å². The summed E-state index contributed by atoms with van der Waals surface area (Å²) in [5, 5.41) is 15.0. The minimum atomic E-state index is -0.417. The summed E-state index contributed by atoms with van der Waals surface area (Å²) in [6.45, 7) is 0. The molecular weight excluding hydrogens is 348 g/mol. The highest BCUT2D eigenvalue weighted by Gasteiger charge is 2.13. The third kappa shape index (κ3) is 3.81. The highest BCUT2D eigenvalue weighted by atomic mass is 35.5. The van der Waals surface area contributed by atoms with Crippen LogP contribution in [-0.2, 0) is 0 Å². The lowest BCUT2D eigenvalue weighted by Crippen LogP contribution is -2.19. The number of hydrogen-bond acceptors (Lipinski definition) is 5. The Labute approximate surface area is 147 Å². The summed E-state index contributed by atoms with van der Waals surface area (Å²) >= 11 is 7.14. The Balaban J connectivity index is 1.71. The van der Waals surface area contributed by atoms with Crippen LogP contribution >= 0.6 is 22.9 Å². The topological polar surface area (TPSA) is 76.1 Å². The first kappa shape index (κ1) is 16.2. The van der Waals surface area contributed by atoms with E-state index in [0.717, 1.165) is 5.56 Å². The number of carbonyl (C=O) groups is 1. The van der Waals surface area contributed by atoms with E-state index in [1.807, 2.05) is 24.3 Å². The minimum absolute atomic E-state index is 0.385. The van der Waals surface area contributed by atoms with Gasteiger partial charge in [-0.15, -0.1) is 10.2 Å². The predicted molar refractivity (Wildman–Crippen MR) is 96.0 cm³/mol. The van der Waals surface area contributed by atoms with Gasteiger partial charge < -0.3 is 10.1 Å². The number of ether oxygens (including phenoxy) is 1. The molecular formula is C16H13ClN4O2S. The molecule has 0 bridgehead atoms. The van der Waals surface area contributed by atoms with Gasteiger partial charge in [-0.3, -0.25) is 5.32 Å². The Kier molecular flexibility index (Phi) is 4.93. The Hall–Kier alpha value is -2.64. The Morgan fingerprint density at radius 1 is 1.12 bits per heavy atom. The number of rotatable bonds is 4. The lowest BCUT2D eigenvalue weighted by atomic mass is 10.2. The molecule has 0 aliphatic rings. The van der Waals surface area contributed by atoms with E-state index in [9.17, 15) is 4.79 Å². The molecule has 0 saturated heterocycles. The second-order valence-corrected chi connectivity index (χ2v) is 6.12. The van der Waals surface area contributed by atoms with Gasteiger partial charge in [-0.25, -0.2) is 4.79 Å². The Morgan fingerprint density at radius 2 is 1.96 bits per heavy atom. The van der Waals surface area contributed by atoms with Crippen LogP contribution in [-0.4, -0.2) is 23.3 Å². The molecule has 0 aliphatic carbocycles. The number of anilines is 2. The van der Waals surface area contributed by atoms with Gasteiger partial charge in [0, 0.05) is 10.7 Å². The highest BCUT2D eigenvalue weighted by molar-refractivity contribution is 7.18. The number of benzene rings is 2. The summed E-state index contributed by atoms with van der Waals surface area (Å²) in [6.07, 6.45) is 0. The summed E-state index contributed by atoms with van der Waals surface area (Å²) in [5.74, 6) is 0.698. The molecule has 0 saturated carbocycles. The number of carbonyl (C=O) groups excluding carboxylic acids is 1. The third-order valence-electron chi connectivity index (χ3n) is 3.07. The molecule has 1 aromatic heterocycles. The van der Waals surface area contributed by atoms with Crippen LogP contribution in [0.25, 0.3) is 10.6 Å². The Morgan fingerprint density at radius 3 is 2.75 bits per heavy atom. The van der Waals surface area contributed by atoms with E-state index in [1.54, 1.807) is 31.4 Å². The van der Waals surface area contributed by atoms with Crippen molar-refractivity contribution in [1.82, 2.24) is 10.2 Å². The number of halogens is 1. The molecule has 2 N–H and O–H groups in total. The number of urea groups is 1. The zero-order valence-corrected chi connectivity index (χ0v) is 14.2. The highest BCUT2D eigenvalue weighted by Crippen LogP contribution is 2.33. The summed E-state index contributed by atoms with van der Waals surface area (Å²) in [4.78, 5) is 12.0. The summed E-state index contributed by atoms with van der Waals surface area (Å²) in [7, 11) is 1.59.